The normalized spacial score (nSPS) is 14.3. The highest BCUT2D eigenvalue weighted by Crippen LogP contribution is 2.26. The third kappa shape index (κ3) is 5.69. The van der Waals surface area contributed by atoms with Gasteiger partial charge in [-0.3, -0.25) is 14.9 Å². The second-order valence-corrected chi connectivity index (χ2v) is 9.14. The molecule has 2 amide bonds. The van der Waals surface area contributed by atoms with E-state index < -0.39 is 0 Å². The molecule has 1 aliphatic carbocycles. The maximum atomic E-state index is 12.6. The van der Waals surface area contributed by atoms with Gasteiger partial charge in [-0.1, -0.05) is 55.7 Å². The van der Waals surface area contributed by atoms with E-state index in [1.54, 1.807) is 18.2 Å². The molecular formula is C28H30N4O3. The van der Waals surface area contributed by atoms with Crippen LogP contribution in [0.3, 0.4) is 0 Å². The van der Waals surface area contributed by atoms with Crippen LogP contribution in [0.1, 0.15) is 48.0 Å². The molecular weight excluding hydrogens is 440 g/mol. The van der Waals surface area contributed by atoms with Crippen LogP contribution in [-0.2, 0) is 11.3 Å². The van der Waals surface area contributed by atoms with Crippen LogP contribution in [0, 0.1) is 5.92 Å². The Morgan fingerprint density at radius 1 is 0.914 bits per heavy atom. The van der Waals surface area contributed by atoms with E-state index in [1.807, 2.05) is 12.1 Å². The number of amides is 2. The van der Waals surface area contributed by atoms with Crippen LogP contribution in [0.15, 0.2) is 65.1 Å². The van der Waals surface area contributed by atoms with Crippen molar-refractivity contribution in [1.29, 1.82) is 0 Å². The minimum Gasteiger partial charge on any atom is -0.423 e. The first-order chi connectivity index (χ1) is 17.2. The number of rotatable bonds is 8. The lowest BCUT2D eigenvalue weighted by molar-refractivity contribution is -0.120. The van der Waals surface area contributed by atoms with Gasteiger partial charge >= 0.3 is 6.01 Å². The minimum atomic E-state index is -0.171. The van der Waals surface area contributed by atoms with E-state index in [-0.39, 0.29) is 23.7 Å². The smallest absolute Gasteiger partial charge is 0.302 e. The fraction of sp³-hybridized carbons (Fsp3) is 0.321. The Hall–Kier alpha value is -3.71. The van der Waals surface area contributed by atoms with Gasteiger partial charge in [-0.25, -0.2) is 0 Å². The summed E-state index contributed by atoms with van der Waals surface area (Å²) in [4.78, 5) is 29.4. The summed E-state index contributed by atoms with van der Waals surface area (Å²) in [5.41, 5.74) is 2.80. The topological polar surface area (TPSA) is 96.3 Å². The van der Waals surface area contributed by atoms with E-state index in [1.165, 1.54) is 22.8 Å². The van der Waals surface area contributed by atoms with Gasteiger partial charge in [-0.2, -0.15) is 4.98 Å². The SMILES string of the molecule is O=C(NCCNCc1ccc2ccccc2c1)c1ccc2oc(NC(=O)C3CCCCC3)nc2c1. The summed E-state index contributed by atoms with van der Waals surface area (Å²) >= 11 is 0. The molecule has 0 saturated heterocycles. The molecule has 1 aromatic heterocycles. The zero-order valence-electron chi connectivity index (χ0n) is 19.7. The standard InChI is InChI=1S/C28H30N4O3/c33-26(30-15-14-29-18-19-10-11-20-6-4-5-9-22(20)16-19)23-12-13-25-24(17-23)31-28(35-25)32-27(34)21-7-2-1-3-8-21/h4-6,9-13,16-17,21,29H,1-3,7-8,14-15,18H2,(H,30,33)(H,31,32,34). The summed E-state index contributed by atoms with van der Waals surface area (Å²) in [5, 5.41) is 11.5. The second-order valence-electron chi connectivity index (χ2n) is 9.14. The van der Waals surface area contributed by atoms with Gasteiger partial charge in [0, 0.05) is 31.1 Å². The third-order valence-electron chi connectivity index (χ3n) is 6.59. The van der Waals surface area contributed by atoms with Gasteiger partial charge in [0.05, 0.1) is 0 Å². The van der Waals surface area contributed by atoms with E-state index in [2.05, 4.69) is 51.3 Å². The van der Waals surface area contributed by atoms with Gasteiger partial charge in [-0.15, -0.1) is 0 Å². The first-order valence-corrected chi connectivity index (χ1v) is 12.3. The fourth-order valence-electron chi connectivity index (χ4n) is 4.64. The van der Waals surface area contributed by atoms with Crippen LogP contribution in [0.5, 0.6) is 0 Å². The van der Waals surface area contributed by atoms with Gasteiger partial charge < -0.3 is 15.1 Å². The van der Waals surface area contributed by atoms with Crippen molar-refractivity contribution in [2.75, 3.05) is 18.4 Å². The highest BCUT2D eigenvalue weighted by atomic mass is 16.4. The van der Waals surface area contributed by atoms with Crippen LogP contribution in [0.25, 0.3) is 21.9 Å². The average Bonchev–Trinajstić information content (AvgIpc) is 3.30. The number of carbonyl (C=O) groups excluding carboxylic acids is 2. The lowest BCUT2D eigenvalue weighted by Gasteiger charge is -2.19. The molecule has 35 heavy (non-hydrogen) atoms. The Morgan fingerprint density at radius 2 is 1.74 bits per heavy atom. The van der Waals surface area contributed by atoms with E-state index in [9.17, 15) is 9.59 Å². The molecule has 1 saturated carbocycles. The molecule has 1 heterocycles. The molecule has 3 aromatic carbocycles. The fourth-order valence-corrected chi connectivity index (χ4v) is 4.64. The van der Waals surface area contributed by atoms with Crippen LogP contribution in [-0.4, -0.2) is 29.9 Å². The van der Waals surface area contributed by atoms with Gasteiger partial charge in [0.25, 0.3) is 5.91 Å². The maximum absolute atomic E-state index is 12.6. The van der Waals surface area contributed by atoms with Crippen LogP contribution >= 0.6 is 0 Å². The highest BCUT2D eigenvalue weighted by molar-refractivity contribution is 5.97. The van der Waals surface area contributed by atoms with Crippen molar-refractivity contribution in [2.24, 2.45) is 5.92 Å². The van der Waals surface area contributed by atoms with E-state index in [0.29, 0.717) is 29.8 Å². The number of benzene rings is 3. The molecule has 7 nitrogen and oxygen atoms in total. The number of aromatic nitrogens is 1. The summed E-state index contributed by atoms with van der Waals surface area (Å²) in [6, 6.07) is 20.0. The number of hydrogen-bond acceptors (Lipinski definition) is 5. The number of nitrogens with one attached hydrogen (secondary N) is 3. The predicted molar refractivity (Wildman–Crippen MR) is 137 cm³/mol. The summed E-state index contributed by atoms with van der Waals surface area (Å²) in [5.74, 6) is -0.185. The van der Waals surface area contributed by atoms with Crippen molar-refractivity contribution in [3.8, 4) is 0 Å². The Labute approximate surface area is 204 Å². The van der Waals surface area contributed by atoms with Crippen molar-refractivity contribution in [3.05, 3.63) is 71.8 Å². The zero-order valence-corrected chi connectivity index (χ0v) is 19.7. The number of fused-ring (bicyclic) bond motifs is 2. The van der Waals surface area contributed by atoms with Gasteiger partial charge in [0.15, 0.2) is 5.58 Å². The van der Waals surface area contributed by atoms with Crippen LogP contribution in [0.2, 0.25) is 0 Å². The highest BCUT2D eigenvalue weighted by Gasteiger charge is 2.22. The van der Waals surface area contributed by atoms with Crippen molar-refractivity contribution in [1.82, 2.24) is 15.6 Å². The molecule has 0 aliphatic heterocycles. The van der Waals surface area contributed by atoms with E-state index in [4.69, 9.17) is 4.42 Å². The average molecular weight is 471 g/mol. The van der Waals surface area contributed by atoms with Crippen molar-refractivity contribution in [2.45, 2.75) is 38.6 Å². The number of carbonyl (C=O) groups is 2. The van der Waals surface area contributed by atoms with Gasteiger partial charge in [0.1, 0.15) is 5.52 Å². The molecule has 0 spiro atoms. The number of nitrogens with zero attached hydrogens (tertiary/aromatic N) is 1. The second kappa shape index (κ2) is 10.7. The molecule has 0 bridgehead atoms. The summed E-state index contributed by atoms with van der Waals surface area (Å²) < 4.78 is 5.66. The Morgan fingerprint density at radius 3 is 2.60 bits per heavy atom. The largest absolute Gasteiger partial charge is 0.423 e. The monoisotopic (exact) mass is 470 g/mol. The number of hydrogen-bond donors (Lipinski definition) is 3. The summed E-state index contributed by atoms with van der Waals surface area (Å²) in [6.45, 7) is 1.90. The lowest BCUT2D eigenvalue weighted by atomic mass is 9.89. The van der Waals surface area contributed by atoms with Crippen LogP contribution in [0.4, 0.5) is 6.01 Å². The van der Waals surface area contributed by atoms with Gasteiger partial charge in [0.2, 0.25) is 5.91 Å². The molecule has 0 unspecified atom stereocenters. The third-order valence-corrected chi connectivity index (χ3v) is 6.59. The minimum absolute atomic E-state index is 0.0231. The molecule has 1 aliphatic rings. The molecule has 0 radical (unpaired) electrons. The molecule has 180 valence electrons. The Bertz CT molecular complexity index is 1340. The van der Waals surface area contributed by atoms with Crippen molar-refractivity contribution in [3.63, 3.8) is 0 Å². The van der Waals surface area contributed by atoms with Crippen molar-refractivity contribution < 1.29 is 14.0 Å². The molecule has 0 atom stereocenters. The maximum Gasteiger partial charge on any atom is 0.302 e. The molecule has 3 N–H and O–H groups in total. The van der Waals surface area contributed by atoms with Gasteiger partial charge in [-0.05, 0) is 53.4 Å². The quantitative estimate of drug-likeness (QED) is 0.314. The zero-order chi connectivity index (χ0) is 24.0. The molecule has 1 fully saturated rings. The Balaban J connectivity index is 1.10. The predicted octanol–water partition coefficient (Wildman–Crippen LogP) is 5.02. The Kier molecular flexibility index (Phi) is 7.04. The number of anilines is 1. The lowest BCUT2D eigenvalue weighted by Crippen LogP contribution is -2.31. The summed E-state index contributed by atoms with van der Waals surface area (Å²) in [6.07, 6.45) is 5.19. The van der Waals surface area contributed by atoms with E-state index in [0.717, 1.165) is 32.2 Å². The number of oxazole rings is 1. The summed E-state index contributed by atoms with van der Waals surface area (Å²) in [7, 11) is 0. The first kappa shape index (κ1) is 23.1. The molecule has 5 rings (SSSR count). The molecule has 7 heteroatoms. The first-order valence-electron chi connectivity index (χ1n) is 12.3. The molecule has 4 aromatic rings. The van der Waals surface area contributed by atoms with Crippen LogP contribution < -0.4 is 16.0 Å². The van der Waals surface area contributed by atoms with Crippen molar-refractivity contribution >= 4 is 39.7 Å². The van der Waals surface area contributed by atoms with E-state index >= 15 is 0 Å².